The van der Waals surface area contributed by atoms with E-state index >= 15 is 0 Å². The van der Waals surface area contributed by atoms with Gasteiger partial charge in [-0.3, -0.25) is 4.79 Å². The Bertz CT molecular complexity index is 675. The van der Waals surface area contributed by atoms with Gasteiger partial charge in [-0.2, -0.15) is 0 Å². The topological polar surface area (TPSA) is 26.3 Å². The molecule has 0 fully saturated rings. The normalized spacial score (nSPS) is 10.4. The lowest BCUT2D eigenvalue weighted by Gasteiger charge is -2.12. The van der Waals surface area contributed by atoms with Crippen molar-refractivity contribution in [2.24, 2.45) is 0 Å². The first-order valence-electron chi connectivity index (χ1n) is 6.40. The van der Waals surface area contributed by atoms with E-state index in [-0.39, 0.29) is 5.78 Å². The number of carbonyl (C=O) groups is 1. The zero-order chi connectivity index (χ0) is 14.9. The minimum Gasteiger partial charge on any atom is -0.496 e. The number of hydrogen-bond acceptors (Lipinski definition) is 2. The van der Waals surface area contributed by atoms with Crippen LogP contribution in [0.4, 0.5) is 0 Å². The number of halogens is 1. The van der Waals surface area contributed by atoms with E-state index in [4.69, 9.17) is 16.3 Å². The Morgan fingerprint density at radius 2 is 1.60 bits per heavy atom. The Labute approximate surface area is 124 Å². The number of ketones is 1. The highest BCUT2D eigenvalue weighted by molar-refractivity contribution is 6.30. The van der Waals surface area contributed by atoms with Crippen molar-refractivity contribution in [3.63, 3.8) is 0 Å². The van der Waals surface area contributed by atoms with Crippen LogP contribution in [0.1, 0.15) is 32.6 Å². The van der Waals surface area contributed by atoms with Gasteiger partial charge in [-0.15, -0.1) is 0 Å². The molecule has 0 spiro atoms. The fourth-order valence-electron chi connectivity index (χ4n) is 2.28. The Morgan fingerprint density at radius 3 is 2.20 bits per heavy atom. The highest BCUT2D eigenvalue weighted by atomic mass is 35.5. The number of ether oxygens (including phenoxy) is 1. The van der Waals surface area contributed by atoms with E-state index < -0.39 is 0 Å². The molecular weight excluding hydrogens is 272 g/mol. The van der Waals surface area contributed by atoms with Crippen LogP contribution in [0, 0.1) is 20.8 Å². The summed E-state index contributed by atoms with van der Waals surface area (Å²) < 4.78 is 5.28. The lowest BCUT2D eigenvalue weighted by atomic mass is 9.94. The maximum absolute atomic E-state index is 12.7. The van der Waals surface area contributed by atoms with Gasteiger partial charge in [0.15, 0.2) is 5.78 Å². The fourth-order valence-corrected chi connectivity index (χ4v) is 2.51. The van der Waals surface area contributed by atoms with Crippen molar-refractivity contribution in [1.82, 2.24) is 0 Å². The summed E-state index contributed by atoms with van der Waals surface area (Å²) in [4.78, 5) is 12.7. The summed E-state index contributed by atoms with van der Waals surface area (Å²) in [5.74, 6) is 0.814. The van der Waals surface area contributed by atoms with Crippen LogP contribution >= 0.6 is 11.6 Å². The number of benzene rings is 2. The molecule has 3 heteroatoms. The van der Waals surface area contributed by atoms with E-state index in [0.717, 1.165) is 22.4 Å². The number of methoxy groups -OCH3 is 1. The summed E-state index contributed by atoms with van der Waals surface area (Å²) in [7, 11) is 1.63. The second-order valence-corrected chi connectivity index (χ2v) is 5.36. The van der Waals surface area contributed by atoms with Gasteiger partial charge in [-0.05, 0) is 67.8 Å². The van der Waals surface area contributed by atoms with Crippen LogP contribution in [-0.4, -0.2) is 12.9 Å². The van der Waals surface area contributed by atoms with Crippen molar-refractivity contribution in [3.05, 3.63) is 63.2 Å². The predicted octanol–water partition coefficient (Wildman–Crippen LogP) is 4.50. The van der Waals surface area contributed by atoms with E-state index in [9.17, 15) is 4.79 Å². The third-order valence-corrected chi connectivity index (χ3v) is 3.65. The van der Waals surface area contributed by atoms with Gasteiger partial charge in [0.1, 0.15) is 5.75 Å². The van der Waals surface area contributed by atoms with Crippen molar-refractivity contribution in [1.29, 1.82) is 0 Å². The molecule has 0 saturated heterocycles. The van der Waals surface area contributed by atoms with E-state index in [2.05, 4.69) is 0 Å². The highest BCUT2D eigenvalue weighted by Gasteiger charge is 2.16. The molecule has 0 saturated carbocycles. The Kier molecular flexibility index (Phi) is 4.15. The minimum absolute atomic E-state index is 0.0161. The highest BCUT2D eigenvalue weighted by Crippen LogP contribution is 2.26. The molecular formula is C17H17ClO2. The van der Waals surface area contributed by atoms with Crippen LogP contribution in [0.25, 0.3) is 0 Å². The second kappa shape index (κ2) is 5.68. The van der Waals surface area contributed by atoms with Crippen molar-refractivity contribution in [3.8, 4) is 5.75 Å². The molecule has 0 aliphatic carbocycles. The molecule has 0 aliphatic heterocycles. The van der Waals surface area contributed by atoms with Crippen LogP contribution in [-0.2, 0) is 0 Å². The monoisotopic (exact) mass is 288 g/mol. The molecule has 0 radical (unpaired) electrons. The first-order valence-corrected chi connectivity index (χ1v) is 6.78. The Hall–Kier alpha value is -1.80. The maximum atomic E-state index is 12.7. The van der Waals surface area contributed by atoms with Crippen LogP contribution in [0.3, 0.4) is 0 Å². The third kappa shape index (κ3) is 2.70. The molecule has 0 amide bonds. The third-order valence-electron chi connectivity index (χ3n) is 3.42. The lowest BCUT2D eigenvalue weighted by molar-refractivity contribution is 0.103. The van der Waals surface area contributed by atoms with E-state index in [0.29, 0.717) is 16.1 Å². The molecule has 20 heavy (non-hydrogen) atoms. The molecule has 0 aromatic heterocycles. The van der Waals surface area contributed by atoms with Gasteiger partial charge in [-0.1, -0.05) is 11.6 Å². The zero-order valence-corrected chi connectivity index (χ0v) is 12.8. The minimum atomic E-state index is 0.0161. The van der Waals surface area contributed by atoms with E-state index in [1.54, 1.807) is 25.3 Å². The van der Waals surface area contributed by atoms with Gasteiger partial charge < -0.3 is 4.74 Å². The molecule has 2 aromatic rings. The molecule has 0 N–H and O–H groups in total. The quantitative estimate of drug-likeness (QED) is 0.777. The zero-order valence-electron chi connectivity index (χ0n) is 12.1. The standard InChI is InChI=1S/C17H17ClO2/c1-10-7-13(18)5-6-14(10)17(19)15-8-12(3)16(20-4)9-11(15)2/h5-9H,1-4H3. The number of carbonyl (C=O) groups excluding carboxylic acids is 1. The number of rotatable bonds is 3. The summed E-state index contributed by atoms with van der Waals surface area (Å²) in [6, 6.07) is 9.10. The molecule has 0 heterocycles. The van der Waals surface area contributed by atoms with Gasteiger partial charge in [-0.25, -0.2) is 0 Å². The summed E-state index contributed by atoms with van der Waals surface area (Å²) >= 11 is 5.94. The van der Waals surface area contributed by atoms with Crippen molar-refractivity contribution in [2.45, 2.75) is 20.8 Å². The molecule has 0 bridgehead atoms. The van der Waals surface area contributed by atoms with E-state index in [1.807, 2.05) is 32.9 Å². The van der Waals surface area contributed by atoms with Crippen molar-refractivity contribution in [2.75, 3.05) is 7.11 Å². The number of hydrogen-bond donors (Lipinski definition) is 0. The van der Waals surface area contributed by atoms with Gasteiger partial charge in [0.25, 0.3) is 0 Å². The first kappa shape index (κ1) is 14.6. The van der Waals surface area contributed by atoms with Crippen LogP contribution in [0.5, 0.6) is 5.75 Å². The second-order valence-electron chi connectivity index (χ2n) is 4.93. The van der Waals surface area contributed by atoms with Crippen LogP contribution in [0.2, 0.25) is 5.02 Å². The molecule has 0 atom stereocenters. The van der Waals surface area contributed by atoms with Crippen molar-refractivity contribution < 1.29 is 9.53 Å². The molecule has 104 valence electrons. The molecule has 0 unspecified atom stereocenters. The van der Waals surface area contributed by atoms with Gasteiger partial charge in [0.2, 0.25) is 0 Å². The average molecular weight is 289 g/mol. The fraction of sp³-hybridized carbons (Fsp3) is 0.235. The molecule has 0 aliphatic rings. The number of aryl methyl sites for hydroxylation is 3. The first-order chi connectivity index (χ1) is 9.43. The largest absolute Gasteiger partial charge is 0.496 e. The summed E-state index contributed by atoms with van der Waals surface area (Å²) in [5, 5.41) is 0.640. The van der Waals surface area contributed by atoms with E-state index in [1.165, 1.54) is 0 Å². The lowest BCUT2D eigenvalue weighted by Crippen LogP contribution is -2.07. The smallest absolute Gasteiger partial charge is 0.193 e. The predicted molar refractivity (Wildman–Crippen MR) is 82.1 cm³/mol. The molecule has 2 nitrogen and oxygen atoms in total. The summed E-state index contributed by atoms with van der Waals surface area (Å²) in [5.41, 5.74) is 4.13. The summed E-state index contributed by atoms with van der Waals surface area (Å²) in [6.45, 7) is 5.75. The Morgan fingerprint density at radius 1 is 0.950 bits per heavy atom. The average Bonchev–Trinajstić information content (AvgIpc) is 2.40. The summed E-state index contributed by atoms with van der Waals surface area (Å²) in [6.07, 6.45) is 0. The SMILES string of the molecule is COc1cc(C)c(C(=O)c2ccc(Cl)cc2C)cc1C. The van der Waals surface area contributed by atoms with Crippen molar-refractivity contribution >= 4 is 17.4 Å². The molecule has 2 aromatic carbocycles. The van der Waals surface area contributed by atoms with Crippen LogP contribution < -0.4 is 4.74 Å². The molecule has 2 rings (SSSR count). The van der Waals surface area contributed by atoms with Crippen LogP contribution in [0.15, 0.2) is 30.3 Å². The van der Waals surface area contributed by atoms with Gasteiger partial charge >= 0.3 is 0 Å². The van der Waals surface area contributed by atoms with Gasteiger partial charge in [0.05, 0.1) is 7.11 Å². The maximum Gasteiger partial charge on any atom is 0.193 e. The Balaban J connectivity index is 2.51. The van der Waals surface area contributed by atoms with Gasteiger partial charge in [0, 0.05) is 16.1 Å².